The van der Waals surface area contributed by atoms with Crippen molar-refractivity contribution in [2.75, 3.05) is 11.5 Å². The zero-order valence-electron chi connectivity index (χ0n) is 11.2. The van der Waals surface area contributed by atoms with Gasteiger partial charge in [0.25, 0.3) is 0 Å². The quantitative estimate of drug-likeness (QED) is 0.652. The highest BCUT2D eigenvalue weighted by Crippen LogP contribution is 2.24. The van der Waals surface area contributed by atoms with Crippen LogP contribution in [-0.4, -0.2) is 5.78 Å². The van der Waals surface area contributed by atoms with Crippen molar-refractivity contribution >= 4 is 17.2 Å². The minimum atomic E-state index is 0.00343. The monoisotopic (exact) mass is 254 g/mol. The third kappa shape index (κ3) is 2.76. The number of anilines is 2. The molecule has 0 saturated heterocycles. The molecule has 0 saturated carbocycles. The van der Waals surface area contributed by atoms with Gasteiger partial charge in [0.15, 0.2) is 5.78 Å². The Balaban J connectivity index is 2.46. The van der Waals surface area contributed by atoms with Crippen molar-refractivity contribution in [3.63, 3.8) is 0 Å². The molecule has 0 bridgehead atoms. The first-order valence-electron chi connectivity index (χ1n) is 6.28. The third-order valence-electron chi connectivity index (χ3n) is 3.12. The Labute approximate surface area is 113 Å². The summed E-state index contributed by atoms with van der Waals surface area (Å²) in [4.78, 5) is 12.5. The average molecular weight is 254 g/mol. The van der Waals surface area contributed by atoms with Crippen LogP contribution < -0.4 is 11.5 Å². The Bertz CT molecular complexity index is 601. The fraction of sp³-hybridized carbons (Fsp3) is 0.188. The smallest absolute Gasteiger partial charge is 0.193 e. The van der Waals surface area contributed by atoms with Crippen LogP contribution in [0.4, 0.5) is 11.4 Å². The van der Waals surface area contributed by atoms with Crippen molar-refractivity contribution in [2.45, 2.75) is 19.8 Å². The van der Waals surface area contributed by atoms with E-state index >= 15 is 0 Å². The summed E-state index contributed by atoms with van der Waals surface area (Å²) in [6.45, 7) is 4.10. The highest BCUT2D eigenvalue weighted by Gasteiger charge is 2.15. The third-order valence-corrected chi connectivity index (χ3v) is 3.12. The average Bonchev–Trinajstić information content (AvgIpc) is 2.38. The molecule has 2 rings (SSSR count). The summed E-state index contributed by atoms with van der Waals surface area (Å²) in [6.07, 6.45) is 0. The molecule has 0 radical (unpaired) electrons. The second-order valence-electron chi connectivity index (χ2n) is 4.95. The van der Waals surface area contributed by atoms with Crippen molar-refractivity contribution in [2.24, 2.45) is 0 Å². The summed E-state index contributed by atoms with van der Waals surface area (Å²) in [7, 11) is 0. The molecular weight excluding hydrogens is 236 g/mol. The summed E-state index contributed by atoms with van der Waals surface area (Å²) in [5.41, 5.74) is 15.1. The molecular formula is C16H18N2O. The molecule has 0 atom stereocenters. The summed E-state index contributed by atoms with van der Waals surface area (Å²) >= 11 is 0. The van der Waals surface area contributed by atoms with Gasteiger partial charge in [-0.05, 0) is 53.9 Å². The van der Waals surface area contributed by atoms with Gasteiger partial charge in [0.05, 0.1) is 0 Å². The van der Waals surface area contributed by atoms with Crippen LogP contribution in [0.15, 0.2) is 42.5 Å². The molecule has 98 valence electrons. The molecule has 0 amide bonds. The summed E-state index contributed by atoms with van der Waals surface area (Å²) < 4.78 is 0. The van der Waals surface area contributed by atoms with Crippen molar-refractivity contribution in [1.82, 2.24) is 0 Å². The first-order valence-corrected chi connectivity index (χ1v) is 6.28. The van der Waals surface area contributed by atoms with Crippen molar-refractivity contribution < 1.29 is 4.79 Å². The van der Waals surface area contributed by atoms with E-state index in [1.54, 1.807) is 36.4 Å². The summed E-state index contributed by atoms with van der Waals surface area (Å²) in [5.74, 6) is 0.250. The lowest BCUT2D eigenvalue weighted by Gasteiger charge is -2.13. The minimum Gasteiger partial charge on any atom is -0.399 e. The number of hydrogen-bond donors (Lipinski definition) is 2. The first-order chi connectivity index (χ1) is 8.99. The van der Waals surface area contributed by atoms with Gasteiger partial charge in [0.2, 0.25) is 0 Å². The fourth-order valence-corrected chi connectivity index (χ4v) is 2.06. The lowest BCUT2D eigenvalue weighted by atomic mass is 9.91. The van der Waals surface area contributed by atoms with Gasteiger partial charge in [-0.3, -0.25) is 4.79 Å². The zero-order chi connectivity index (χ0) is 14.0. The molecule has 0 aliphatic carbocycles. The van der Waals surface area contributed by atoms with E-state index in [0.29, 0.717) is 22.5 Å². The standard InChI is InChI=1S/C16H18N2O/c1-10(2)15-9-13(18)7-8-14(15)16(19)11-3-5-12(17)6-4-11/h3-10H,17-18H2,1-2H3. The molecule has 0 fully saturated rings. The highest BCUT2D eigenvalue weighted by molar-refractivity contribution is 6.10. The molecule has 2 aromatic carbocycles. The first kappa shape index (κ1) is 13.1. The Morgan fingerprint density at radius 1 is 0.947 bits per heavy atom. The van der Waals surface area contributed by atoms with Crippen LogP contribution in [0, 0.1) is 0 Å². The van der Waals surface area contributed by atoms with E-state index in [9.17, 15) is 4.79 Å². The molecule has 4 N–H and O–H groups in total. The molecule has 0 spiro atoms. The van der Waals surface area contributed by atoms with E-state index in [1.165, 1.54) is 0 Å². The Hall–Kier alpha value is -2.29. The number of carbonyl (C=O) groups is 1. The lowest BCUT2D eigenvalue weighted by molar-refractivity contribution is 0.103. The molecule has 0 aliphatic rings. The maximum atomic E-state index is 12.5. The summed E-state index contributed by atoms with van der Waals surface area (Å²) in [5, 5.41) is 0. The van der Waals surface area contributed by atoms with Gasteiger partial charge >= 0.3 is 0 Å². The van der Waals surface area contributed by atoms with Crippen LogP contribution in [-0.2, 0) is 0 Å². The minimum absolute atomic E-state index is 0.00343. The van der Waals surface area contributed by atoms with Crippen molar-refractivity contribution in [3.8, 4) is 0 Å². The van der Waals surface area contributed by atoms with E-state index in [0.717, 1.165) is 5.56 Å². The largest absolute Gasteiger partial charge is 0.399 e. The van der Waals surface area contributed by atoms with Crippen LogP contribution in [0.5, 0.6) is 0 Å². The van der Waals surface area contributed by atoms with Crippen LogP contribution in [0.25, 0.3) is 0 Å². The Kier molecular flexibility index (Phi) is 3.56. The molecule has 0 aromatic heterocycles. The molecule has 0 heterocycles. The lowest BCUT2D eigenvalue weighted by Crippen LogP contribution is -2.07. The highest BCUT2D eigenvalue weighted by atomic mass is 16.1. The van der Waals surface area contributed by atoms with Gasteiger partial charge in [-0.1, -0.05) is 13.8 Å². The number of rotatable bonds is 3. The molecule has 0 aliphatic heterocycles. The number of nitrogen functional groups attached to an aromatic ring is 2. The van der Waals surface area contributed by atoms with Crippen molar-refractivity contribution in [1.29, 1.82) is 0 Å². The molecule has 19 heavy (non-hydrogen) atoms. The predicted molar refractivity (Wildman–Crippen MR) is 79.2 cm³/mol. The van der Waals surface area contributed by atoms with E-state index in [1.807, 2.05) is 6.07 Å². The maximum absolute atomic E-state index is 12.5. The topological polar surface area (TPSA) is 69.1 Å². The van der Waals surface area contributed by atoms with Gasteiger partial charge in [-0.2, -0.15) is 0 Å². The van der Waals surface area contributed by atoms with Gasteiger partial charge in [-0.15, -0.1) is 0 Å². The molecule has 3 heteroatoms. The second-order valence-corrected chi connectivity index (χ2v) is 4.95. The molecule has 2 aromatic rings. The number of carbonyl (C=O) groups excluding carboxylic acids is 1. The van der Waals surface area contributed by atoms with E-state index < -0.39 is 0 Å². The Morgan fingerprint density at radius 3 is 2.11 bits per heavy atom. The Morgan fingerprint density at radius 2 is 1.53 bits per heavy atom. The maximum Gasteiger partial charge on any atom is 0.193 e. The SMILES string of the molecule is CC(C)c1cc(N)ccc1C(=O)c1ccc(N)cc1. The van der Waals surface area contributed by atoms with Crippen molar-refractivity contribution in [3.05, 3.63) is 59.2 Å². The van der Waals surface area contributed by atoms with Gasteiger partial charge < -0.3 is 11.5 Å². The molecule has 3 nitrogen and oxygen atoms in total. The van der Waals surface area contributed by atoms with Gasteiger partial charge in [0.1, 0.15) is 0 Å². The van der Waals surface area contributed by atoms with Gasteiger partial charge in [-0.25, -0.2) is 0 Å². The van der Waals surface area contributed by atoms with Crippen LogP contribution >= 0.6 is 0 Å². The van der Waals surface area contributed by atoms with E-state index in [4.69, 9.17) is 11.5 Å². The number of benzene rings is 2. The predicted octanol–water partition coefficient (Wildman–Crippen LogP) is 3.21. The van der Waals surface area contributed by atoms with Crippen LogP contribution in [0.2, 0.25) is 0 Å². The van der Waals surface area contributed by atoms with E-state index in [-0.39, 0.29) is 11.7 Å². The molecule has 0 unspecified atom stereocenters. The fourth-order valence-electron chi connectivity index (χ4n) is 2.06. The second kappa shape index (κ2) is 5.14. The van der Waals surface area contributed by atoms with Crippen LogP contribution in [0.1, 0.15) is 41.3 Å². The summed E-state index contributed by atoms with van der Waals surface area (Å²) in [6, 6.07) is 12.4. The van der Waals surface area contributed by atoms with Gasteiger partial charge in [0, 0.05) is 22.5 Å². The van der Waals surface area contributed by atoms with Crippen LogP contribution in [0.3, 0.4) is 0 Å². The number of hydrogen-bond acceptors (Lipinski definition) is 3. The number of ketones is 1. The normalized spacial score (nSPS) is 10.7. The number of nitrogens with two attached hydrogens (primary N) is 2. The zero-order valence-corrected chi connectivity index (χ0v) is 11.2. The van der Waals surface area contributed by atoms with E-state index in [2.05, 4.69) is 13.8 Å².